The number of carbonyl (C=O) groups is 2. The molecule has 1 amide bonds. The summed E-state index contributed by atoms with van der Waals surface area (Å²) >= 11 is 0. The topological polar surface area (TPSA) is 98.5 Å². The molecule has 0 unspecified atom stereocenters. The molecule has 8 heteroatoms. The summed E-state index contributed by atoms with van der Waals surface area (Å²) < 4.78 is 6.19. The number of ether oxygens (including phenoxy) is 1. The average Bonchev–Trinajstić information content (AvgIpc) is 2.92. The van der Waals surface area contributed by atoms with Crippen LogP contribution in [0.3, 0.4) is 0 Å². The summed E-state index contributed by atoms with van der Waals surface area (Å²) in [7, 11) is 1.38. The minimum atomic E-state index is -0.266. The van der Waals surface area contributed by atoms with Gasteiger partial charge in [-0.05, 0) is 26.7 Å². The van der Waals surface area contributed by atoms with Crippen LogP contribution in [-0.4, -0.2) is 45.3 Å². The van der Waals surface area contributed by atoms with Crippen molar-refractivity contribution in [3.05, 3.63) is 23.1 Å². The molecule has 0 saturated heterocycles. The van der Waals surface area contributed by atoms with Gasteiger partial charge in [0.1, 0.15) is 0 Å². The molecule has 0 bridgehead atoms. The van der Waals surface area contributed by atoms with E-state index in [2.05, 4.69) is 25.3 Å². The SMILES string of the molecule is COC(=O)CCCCCNC(=O)c1nnc2cc(C)nn2c1C. The third-order valence-electron chi connectivity index (χ3n) is 3.51. The normalized spacial score (nSPS) is 10.7. The molecule has 2 heterocycles. The van der Waals surface area contributed by atoms with E-state index in [1.807, 2.05) is 13.0 Å². The summed E-state index contributed by atoms with van der Waals surface area (Å²) in [5.74, 6) is -0.472. The molecule has 2 rings (SSSR count). The fourth-order valence-corrected chi connectivity index (χ4v) is 2.25. The highest BCUT2D eigenvalue weighted by molar-refractivity contribution is 5.93. The van der Waals surface area contributed by atoms with E-state index in [0.717, 1.165) is 25.0 Å². The first-order valence-corrected chi connectivity index (χ1v) is 7.57. The smallest absolute Gasteiger partial charge is 0.305 e. The first-order valence-electron chi connectivity index (χ1n) is 7.57. The number of esters is 1. The largest absolute Gasteiger partial charge is 0.469 e. The lowest BCUT2D eigenvalue weighted by Gasteiger charge is -2.07. The van der Waals surface area contributed by atoms with Crippen LogP contribution in [0.4, 0.5) is 0 Å². The van der Waals surface area contributed by atoms with E-state index in [9.17, 15) is 9.59 Å². The van der Waals surface area contributed by atoms with Gasteiger partial charge in [0.15, 0.2) is 11.3 Å². The number of aryl methyl sites for hydroxylation is 2. The van der Waals surface area contributed by atoms with Gasteiger partial charge < -0.3 is 10.1 Å². The second-order valence-corrected chi connectivity index (χ2v) is 5.33. The van der Waals surface area contributed by atoms with Gasteiger partial charge in [-0.25, -0.2) is 4.52 Å². The number of methoxy groups -OCH3 is 1. The maximum atomic E-state index is 12.2. The van der Waals surface area contributed by atoms with Crippen LogP contribution in [-0.2, 0) is 9.53 Å². The van der Waals surface area contributed by atoms with Gasteiger partial charge in [0, 0.05) is 19.0 Å². The van der Waals surface area contributed by atoms with Gasteiger partial charge in [-0.15, -0.1) is 10.2 Å². The summed E-state index contributed by atoms with van der Waals surface area (Å²) in [6, 6.07) is 1.81. The number of aromatic nitrogens is 4. The predicted molar refractivity (Wildman–Crippen MR) is 83.1 cm³/mol. The number of fused-ring (bicyclic) bond motifs is 1. The van der Waals surface area contributed by atoms with Crippen LogP contribution in [0, 0.1) is 13.8 Å². The van der Waals surface area contributed by atoms with E-state index in [-0.39, 0.29) is 17.6 Å². The standard InChI is InChI=1S/C15H21N5O3/c1-10-9-12-17-18-14(11(2)20(12)19-10)15(22)16-8-6-4-5-7-13(21)23-3/h9H,4-8H2,1-3H3,(H,16,22). The molecule has 1 N–H and O–H groups in total. The van der Waals surface area contributed by atoms with Crippen LogP contribution in [0.5, 0.6) is 0 Å². The zero-order valence-electron chi connectivity index (χ0n) is 13.6. The van der Waals surface area contributed by atoms with Crippen molar-refractivity contribution in [1.82, 2.24) is 25.1 Å². The highest BCUT2D eigenvalue weighted by Gasteiger charge is 2.15. The van der Waals surface area contributed by atoms with E-state index in [1.54, 1.807) is 11.4 Å². The Balaban J connectivity index is 1.84. The van der Waals surface area contributed by atoms with Crippen molar-refractivity contribution in [2.24, 2.45) is 0 Å². The highest BCUT2D eigenvalue weighted by atomic mass is 16.5. The Morgan fingerprint density at radius 3 is 2.74 bits per heavy atom. The number of carbonyl (C=O) groups excluding carboxylic acids is 2. The molecule has 0 aliphatic rings. The lowest BCUT2D eigenvalue weighted by molar-refractivity contribution is -0.140. The molecular formula is C15H21N5O3. The summed E-state index contributed by atoms with van der Waals surface area (Å²) in [6.07, 6.45) is 2.79. The zero-order valence-corrected chi connectivity index (χ0v) is 13.6. The molecule has 0 aliphatic heterocycles. The first-order chi connectivity index (χ1) is 11.0. The number of hydrogen-bond donors (Lipinski definition) is 1. The van der Waals surface area contributed by atoms with Gasteiger partial charge in [-0.1, -0.05) is 6.42 Å². The zero-order chi connectivity index (χ0) is 16.8. The first kappa shape index (κ1) is 16.9. The van der Waals surface area contributed by atoms with Crippen molar-refractivity contribution in [2.45, 2.75) is 39.5 Å². The molecule has 0 radical (unpaired) electrons. The summed E-state index contributed by atoms with van der Waals surface area (Å²) in [5, 5.41) is 15.1. The molecule has 0 saturated carbocycles. The van der Waals surface area contributed by atoms with Crippen LogP contribution < -0.4 is 5.32 Å². The predicted octanol–water partition coefficient (Wildman–Crippen LogP) is 1.20. The maximum Gasteiger partial charge on any atom is 0.305 e. The molecule has 2 aromatic heterocycles. The van der Waals surface area contributed by atoms with Crippen molar-refractivity contribution in [2.75, 3.05) is 13.7 Å². The Hall–Kier alpha value is -2.51. The van der Waals surface area contributed by atoms with Crippen molar-refractivity contribution in [1.29, 1.82) is 0 Å². The van der Waals surface area contributed by atoms with Gasteiger partial charge in [0.05, 0.1) is 18.5 Å². The molecule has 0 aromatic carbocycles. The maximum absolute atomic E-state index is 12.2. The minimum Gasteiger partial charge on any atom is -0.469 e. The molecule has 0 atom stereocenters. The van der Waals surface area contributed by atoms with Gasteiger partial charge in [0.2, 0.25) is 0 Å². The van der Waals surface area contributed by atoms with Crippen LogP contribution in [0.2, 0.25) is 0 Å². The van der Waals surface area contributed by atoms with E-state index in [1.165, 1.54) is 7.11 Å². The third-order valence-corrected chi connectivity index (χ3v) is 3.51. The lowest BCUT2D eigenvalue weighted by Crippen LogP contribution is -2.27. The van der Waals surface area contributed by atoms with Crippen molar-refractivity contribution in [3.63, 3.8) is 0 Å². The van der Waals surface area contributed by atoms with Gasteiger partial charge >= 0.3 is 5.97 Å². The number of nitrogens with one attached hydrogen (secondary N) is 1. The fourth-order valence-electron chi connectivity index (χ4n) is 2.25. The Kier molecular flexibility index (Phi) is 5.61. The number of nitrogens with zero attached hydrogens (tertiary/aromatic N) is 4. The number of rotatable bonds is 7. The minimum absolute atomic E-state index is 0.206. The number of hydrogen-bond acceptors (Lipinski definition) is 6. The van der Waals surface area contributed by atoms with Crippen LogP contribution in [0.1, 0.15) is 47.6 Å². The van der Waals surface area contributed by atoms with Gasteiger partial charge in [-0.2, -0.15) is 5.10 Å². The van der Waals surface area contributed by atoms with E-state index in [4.69, 9.17) is 0 Å². The Morgan fingerprint density at radius 2 is 2.00 bits per heavy atom. The highest BCUT2D eigenvalue weighted by Crippen LogP contribution is 2.08. The fraction of sp³-hybridized carbons (Fsp3) is 0.533. The van der Waals surface area contributed by atoms with Gasteiger partial charge in [0.25, 0.3) is 5.91 Å². The Morgan fingerprint density at radius 1 is 1.22 bits per heavy atom. The summed E-state index contributed by atoms with van der Waals surface area (Å²) in [5.41, 5.74) is 2.38. The quantitative estimate of drug-likeness (QED) is 0.608. The van der Waals surface area contributed by atoms with E-state index in [0.29, 0.717) is 24.3 Å². The summed E-state index contributed by atoms with van der Waals surface area (Å²) in [4.78, 5) is 23.1. The Bertz CT molecular complexity index is 710. The van der Waals surface area contributed by atoms with Crippen molar-refractivity contribution < 1.29 is 14.3 Å². The second-order valence-electron chi connectivity index (χ2n) is 5.33. The van der Waals surface area contributed by atoms with Crippen LogP contribution in [0.25, 0.3) is 5.65 Å². The Labute approximate surface area is 134 Å². The second kappa shape index (κ2) is 7.66. The lowest BCUT2D eigenvalue weighted by atomic mass is 10.2. The molecule has 124 valence electrons. The van der Waals surface area contributed by atoms with E-state index >= 15 is 0 Å². The van der Waals surface area contributed by atoms with Crippen LogP contribution >= 0.6 is 0 Å². The molecule has 8 nitrogen and oxygen atoms in total. The van der Waals surface area contributed by atoms with Crippen molar-refractivity contribution in [3.8, 4) is 0 Å². The summed E-state index contributed by atoms with van der Waals surface area (Å²) in [6.45, 7) is 4.18. The van der Waals surface area contributed by atoms with Crippen LogP contribution in [0.15, 0.2) is 6.07 Å². The van der Waals surface area contributed by atoms with E-state index < -0.39 is 0 Å². The monoisotopic (exact) mass is 319 g/mol. The molecule has 0 fully saturated rings. The average molecular weight is 319 g/mol. The molecule has 23 heavy (non-hydrogen) atoms. The number of amides is 1. The molecule has 2 aromatic rings. The molecule has 0 spiro atoms. The molecule has 0 aliphatic carbocycles. The number of unbranched alkanes of at least 4 members (excludes halogenated alkanes) is 2. The van der Waals surface area contributed by atoms with Crippen molar-refractivity contribution >= 4 is 17.5 Å². The van der Waals surface area contributed by atoms with Gasteiger partial charge in [-0.3, -0.25) is 9.59 Å². The third kappa shape index (κ3) is 4.24. The molecular weight excluding hydrogens is 298 g/mol.